The Morgan fingerprint density at radius 1 is 1.24 bits per heavy atom. The molecule has 1 aliphatic rings. The lowest BCUT2D eigenvalue weighted by molar-refractivity contribution is -0.125. The summed E-state index contributed by atoms with van der Waals surface area (Å²) in [7, 11) is 1.58. The van der Waals surface area contributed by atoms with Crippen LogP contribution in [-0.2, 0) is 11.3 Å². The lowest BCUT2D eigenvalue weighted by atomic mass is 10.1. The molecule has 0 aliphatic carbocycles. The van der Waals surface area contributed by atoms with Crippen LogP contribution in [0.4, 0.5) is 0 Å². The first kappa shape index (κ1) is 13.3. The van der Waals surface area contributed by atoms with E-state index in [0.717, 1.165) is 5.69 Å². The van der Waals surface area contributed by atoms with Gasteiger partial charge in [-0.1, -0.05) is 0 Å². The number of nitrogens with zero attached hydrogens (tertiary/aromatic N) is 4. The number of rotatable bonds is 2. The number of hydrogen-bond acceptors (Lipinski definition) is 4. The van der Waals surface area contributed by atoms with Crippen LogP contribution in [0.1, 0.15) is 22.1 Å². The maximum absolute atomic E-state index is 12.5. The summed E-state index contributed by atoms with van der Waals surface area (Å²) in [6, 6.07) is 4.66. The Morgan fingerprint density at radius 2 is 2.00 bits per heavy atom. The first-order valence-corrected chi connectivity index (χ1v) is 6.64. The normalized spacial score (nSPS) is 17.2. The summed E-state index contributed by atoms with van der Waals surface area (Å²) in [6.07, 6.45) is 4.81. The highest BCUT2D eigenvalue weighted by molar-refractivity contribution is 5.94. The van der Waals surface area contributed by atoms with Gasteiger partial charge >= 0.3 is 0 Å². The Hall–Kier alpha value is -2.70. The molecule has 7 heteroatoms. The molecule has 0 fully saturated rings. The maximum Gasteiger partial charge on any atom is 0.254 e. The van der Waals surface area contributed by atoms with Gasteiger partial charge in [-0.3, -0.25) is 19.3 Å². The summed E-state index contributed by atoms with van der Waals surface area (Å²) in [5, 5.41) is 6.80. The van der Waals surface area contributed by atoms with Crippen molar-refractivity contribution in [3.05, 3.63) is 48.0 Å². The van der Waals surface area contributed by atoms with Gasteiger partial charge in [0.15, 0.2) is 0 Å². The molecule has 3 heterocycles. The highest BCUT2D eigenvalue weighted by atomic mass is 16.2. The molecule has 1 N–H and O–H groups in total. The number of carbonyl (C=O) groups is 2. The number of fused-ring (bicyclic) bond motifs is 1. The van der Waals surface area contributed by atoms with Crippen molar-refractivity contribution in [3.63, 3.8) is 0 Å². The van der Waals surface area contributed by atoms with Gasteiger partial charge in [0.2, 0.25) is 5.91 Å². The molecule has 108 valence electrons. The van der Waals surface area contributed by atoms with E-state index in [2.05, 4.69) is 15.4 Å². The Balaban J connectivity index is 1.90. The van der Waals surface area contributed by atoms with Crippen LogP contribution in [0.5, 0.6) is 0 Å². The molecule has 1 aliphatic heterocycles. The molecule has 7 nitrogen and oxygen atoms in total. The van der Waals surface area contributed by atoms with E-state index < -0.39 is 6.04 Å². The highest BCUT2D eigenvalue weighted by Gasteiger charge is 2.32. The second-order valence-corrected chi connectivity index (χ2v) is 4.82. The molecule has 0 aromatic carbocycles. The molecule has 2 amide bonds. The number of aromatic nitrogens is 3. The molecular weight excluding hydrogens is 270 g/mol. The van der Waals surface area contributed by atoms with Crippen molar-refractivity contribution >= 4 is 11.8 Å². The zero-order valence-corrected chi connectivity index (χ0v) is 11.6. The van der Waals surface area contributed by atoms with Gasteiger partial charge in [0.05, 0.1) is 18.8 Å². The minimum absolute atomic E-state index is 0.112. The molecular formula is C14H15N5O2. The van der Waals surface area contributed by atoms with Gasteiger partial charge in [0.1, 0.15) is 6.04 Å². The van der Waals surface area contributed by atoms with Crippen LogP contribution in [0.2, 0.25) is 0 Å². The number of hydrogen-bond donors (Lipinski definition) is 1. The smallest absolute Gasteiger partial charge is 0.254 e. The van der Waals surface area contributed by atoms with E-state index in [0.29, 0.717) is 18.7 Å². The average molecular weight is 285 g/mol. The molecule has 3 rings (SSSR count). The van der Waals surface area contributed by atoms with Crippen molar-refractivity contribution in [2.45, 2.75) is 12.6 Å². The topological polar surface area (TPSA) is 80.1 Å². The van der Waals surface area contributed by atoms with Crippen molar-refractivity contribution in [1.29, 1.82) is 0 Å². The Morgan fingerprint density at radius 3 is 2.71 bits per heavy atom. The van der Waals surface area contributed by atoms with Crippen molar-refractivity contribution in [2.24, 2.45) is 0 Å². The summed E-state index contributed by atoms with van der Waals surface area (Å²) < 4.78 is 1.68. The van der Waals surface area contributed by atoms with Crippen LogP contribution < -0.4 is 5.32 Å². The van der Waals surface area contributed by atoms with E-state index in [-0.39, 0.29) is 11.8 Å². The third-order valence-corrected chi connectivity index (χ3v) is 3.56. The van der Waals surface area contributed by atoms with Gasteiger partial charge in [-0.25, -0.2) is 0 Å². The largest absolute Gasteiger partial charge is 0.357 e. The monoisotopic (exact) mass is 285 g/mol. The quantitative estimate of drug-likeness (QED) is 0.856. The Bertz CT molecular complexity index is 667. The van der Waals surface area contributed by atoms with Gasteiger partial charge in [-0.05, 0) is 18.2 Å². The summed E-state index contributed by atoms with van der Waals surface area (Å²) in [5.74, 6) is -0.272. The van der Waals surface area contributed by atoms with E-state index in [4.69, 9.17) is 0 Å². The standard InChI is InChI=1S/C14H15N5O2/c1-15-13(20)12-9-18(8-11-4-7-17-19(11)12)14(21)10-2-5-16-6-3-10/h2-7,12H,8-9H2,1H3,(H,15,20)/t12-/m0/s1. The molecule has 0 unspecified atom stereocenters. The van der Waals surface area contributed by atoms with Crippen molar-refractivity contribution in [2.75, 3.05) is 13.6 Å². The first-order chi connectivity index (χ1) is 10.2. The van der Waals surface area contributed by atoms with Gasteiger partial charge < -0.3 is 10.2 Å². The van der Waals surface area contributed by atoms with Crippen LogP contribution in [0.25, 0.3) is 0 Å². The van der Waals surface area contributed by atoms with Crippen LogP contribution in [-0.4, -0.2) is 45.1 Å². The van der Waals surface area contributed by atoms with E-state index in [1.165, 1.54) is 0 Å². The summed E-state index contributed by atoms with van der Waals surface area (Å²) in [4.78, 5) is 30.1. The number of amides is 2. The van der Waals surface area contributed by atoms with Gasteiger partial charge in [-0.15, -0.1) is 0 Å². The number of nitrogens with one attached hydrogen (secondary N) is 1. The number of likely N-dealkylation sites (N-methyl/N-ethyl adjacent to an activating group) is 1. The Kier molecular flexibility index (Phi) is 3.39. The molecule has 21 heavy (non-hydrogen) atoms. The van der Waals surface area contributed by atoms with Crippen LogP contribution in [0.15, 0.2) is 36.8 Å². The van der Waals surface area contributed by atoms with E-state index in [9.17, 15) is 9.59 Å². The third kappa shape index (κ3) is 2.37. The highest BCUT2D eigenvalue weighted by Crippen LogP contribution is 2.22. The van der Waals surface area contributed by atoms with E-state index in [1.807, 2.05) is 6.07 Å². The summed E-state index contributed by atoms with van der Waals surface area (Å²) in [5.41, 5.74) is 1.41. The molecule has 0 bridgehead atoms. The predicted molar refractivity (Wildman–Crippen MR) is 74.3 cm³/mol. The average Bonchev–Trinajstić information content (AvgIpc) is 3.01. The molecule has 2 aromatic rings. The number of carbonyl (C=O) groups excluding carboxylic acids is 2. The van der Waals surface area contributed by atoms with Crippen molar-refractivity contribution < 1.29 is 9.59 Å². The molecule has 0 saturated heterocycles. The lowest BCUT2D eigenvalue weighted by Gasteiger charge is -2.33. The molecule has 1 atom stereocenters. The fourth-order valence-electron chi connectivity index (χ4n) is 2.49. The lowest BCUT2D eigenvalue weighted by Crippen LogP contribution is -2.46. The maximum atomic E-state index is 12.5. The fraction of sp³-hybridized carbons (Fsp3) is 0.286. The summed E-state index contributed by atoms with van der Waals surface area (Å²) >= 11 is 0. The second kappa shape index (κ2) is 5.35. The zero-order valence-electron chi connectivity index (χ0n) is 11.6. The SMILES string of the molecule is CNC(=O)[C@@H]1CN(C(=O)c2ccncc2)Cc2ccnn21. The van der Waals surface area contributed by atoms with Crippen LogP contribution in [0, 0.1) is 0 Å². The second-order valence-electron chi connectivity index (χ2n) is 4.82. The minimum Gasteiger partial charge on any atom is -0.357 e. The third-order valence-electron chi connectivity index (χ3n) is 3.56. The van der Waals surface area contributed by atoms with E-state index >= 15 is 0 Å². The van der Waals surface area contributed by atoms with Gasteiger partial charge in [0.25, 0.3) is 5.91 Å². The van der Waals surface area contributed by atoms with Crippen LogP contribution in [0.3, 0.4) is 0 Å². The Labute approximate surface area is 121 Å². The molecule has 0 spiro atoms. The molecule has 0 radical (unpaired) electrons. The first-order valence-electron chi connectivity index (χ1n) is 6.64. The summed E-state index contributed by atoms with van der Waals surface area (Å²) in [6.45, 7) is 0.740. The predicted octanol–water partition coefficient (Wildman–Crippen LogP) is 0.221. The van der Waals surface area contributed by atoms with Crippen molar-refractivity contribution in [3.8, 4) is 0 Å². The van der Waals surface area contributed by atoms with E-state index in [1.54, 1.807) is 47.4 Å². The van der Waals surface area contributed by atoms with Crippen LogP contribution >= 0.6 is 0 Å². The minimum atomic E-state index is -0.500. The number of pyridine rings is 1. The fourth-order valence-corrected chi connectivity index (χ4v) is 2.49. The van der Waals surface area contributed by atoms with Gasteiger partial charge in [-0.2, -0.15) is 5.10 Å². The van der Waals surface area contributed by atoms with Crippen molar-refractivity contribution in [1.82, 2.24) is 25.0 Å². The molecule has 2 aromatic heterocycles. The molecule has 0 saturated carbocycles. The van der Waals surface area contributed by atoms with Gasteiger partial charge in [0, 0.05) is 31.2 Å². The zero-order chi connectivity index (χ0) is 14.8.